The third kappa shape index (κ3) is 3.62. The average Bonchev–Trinajstić information content (AvgIpc) is 2.39. The van der Waals surface area contributed by atoms with E-state index in [0.717, 1.165) is 17.5 Å². The molecule has 3 heteroatoms. The van der Waals surface area contributed by atoms with Crippen LogP contribution in [0.1, 0.15) is 39.5 Å². The molecule has 1 saturated carbocycles. The predicted octanol–water partition coefficient (Wildman–Crippen LogP) is 4.46. The third-order valence-electron chi connectivity index (χ3n) is 4.24. The molecule has 1 N–H and O–H groups in total. The Balaban J connectivity index is 1.90. The van der Waals surface area contributed by atoms with Crippen LogP contribution in [0.4, 0.5) is 10.1 Å². The Bertz CT molecular complexity index is 411. The highest BCUT2D eigenvalue weighted by Gasteiger charge is 2.23. The molecule has 2 nitrogen and oxygen atoms in total. The van der Waals surface area contributed by atoms with Crippen molar-refractivity contribution < 1.29 is 9.13 Å². The van der Waals surface area contributed by atoms with Crippen molar-refractivity contribution >= 4 is 5.69 Å². The zero-order chi connectivity index (χ0) is 13.8. The van der Waals surface area contributed by atoms with E-state index in [4.69, 9.17) is 4.74 Å². The number of hydrogen-bond donors (Lipinski definition) is 1. The zero-order valence-corrected chi connectivity index (χ0v) is 12.1. The topological polar surface area (TPSA) is 21.3 Å². The van der Waals surface area contributed by atoms with Gasteiger partial charge >= 0.3 is 0 Å². The Morgan fingerprint density at radius 1 is 1.21 bits per heavy atom. The minimum Gasteiger partial charge on any atom is -0.494 e. The second-order valence-electron chi connectivity index (χ2n) is 5.85. The Labute approximate surface area is 115 Å². The van der Waals surface area contributed by atoms with Crippen LogP contribution in [0.5, 0.6) is 5.75 Å². The van der Waals surface area contributed by atoms with E-state index in [1.54, 1.807) is 6.07 Å². The fourth-order valence-corrected chi connectivity index (χ4v) is 2.92. The quantitative estimate of drug-likeness (QED) is 0.867. The van der Waals surface area contributed by atoms with Crippen molar-refractivity contribution in [3.8, 4) is 5.75 Å². The summed E-state index contributed by atoms with van der Waals surface area (Å²) in [4.78, 5) is 0. The molecular formula is C16H24FNO. The molecule has 0 spiro atoms. The first kappa shape index (κ1) is 14.2. The number of hydrogen-bond acceptors (Lipinski definition) is 2. The first-order chi connectivity index (χ1) is 9.10. The molecule has 106 valence electrons. The van der Waals surface area contributed by atoms with E-state index in [2.05, 4.69) is 19.2 Å². The molecule has 0 aliphatic heterocycles. The van der Waals surface area contributed by atoms with Gasteiger partial charge in [0, 0.05) is 17.8 Å². The standard InChI is InChI=1S/C16H24FNO/c1-11(2)12-4-6-13(7-5-12)18-14-8-9-16(19-3)15(17)10-14/h8-13,18H,4-7H2,1-3H3. The summed E-state index contributed by atoms with van der Waals surface area (Å²) >= 11 is 0. The van der Waals surface area contributed by atoms with Gasteiger partial charge in [-0.05, 0) is 49.7 Å². The summed E-state index contributed by atoms with van der Waals surface area (Å²) in [6.07, 6.45) is 4.90. The Morgan fingerprint density at radius 2 is 1.89 bits per heavy atom. The van der Waals surface area contributed by atoms with Gasteiger partial charge in [0.1, 0.15) is 0 Å². The molecule has 1 aliphatic rings. The molecule has 0 atom stereocenters. The van der Waals surface area contributed by atoms with Crippen LogP contribution >= 0.6 is 0 Å². The first-order valence-electron chi connectivity index (χ1n) is 7.20. The van der Waals surface area contributed by atoms with E-state index in [1.165, 1.54) is 38.9 Å². The first-order valence-corrected chi connectivity index (χ1v) is 7.20. The summed E-state index contributed by atoms with van der Waals surface area (Å²) in [5, 5.41) is 3.44. The Morgan fingerprint density at radius 3 is 2.42 bits per heavy atom. The summed E-state index contributed by atoms with van der Waals surface area (Å²) in [6, 6.07) is 5.56. The predicted molar refractivity (Wildman–Crippen MR) is 77.2 cm³/mol. The van der Waals surface area contributed by atoms with E-state index < -0.39 is 0 Å². The summed E-state index contributed by atoms with van der Waals surface area (Å²) < 4.78 is 18.5. The molecule has 0 heterocycles. The lowest BCUT2D eigenvalue weighted by Gasteiger charge is -2.31. The van der Waals surface area contributed by atoms with Gasteiger partial charge < -0.3 is 10.1 Å². The minimum atomic E-state index is -0.302. The van der Waals surface area contributed by atoms with Crippen molar-refractivity contribution in [1.82, 2.24) is 0 Å². The fourth-order valence-electron chi connectivity index (χ4n) is 2.92. The number of nitrogens with one attached hydrogen (secondary N) is 1. The van der Waals surface area contributed by atoms with Gasteiger partial charge in [-0.1, -0.05) is 13.8 Å². The maximum atomic E-state index is 13.6. The van der Waals surface area contributed by atoms with Crippen molar-refractivity contribution in [2.75, 3.05) is 12.4 Å². The van der Waals surface area contributed by atoms with Gasteiger partial charge in [-0.25, -0.2) is 4.39 Å². The highest BCUT2D eigenvalue weighted by atomic mass is 19.1. The highest BCUT2D eigenvalue weighted by molar-refractivity contribution is 5.48. The number of anilines is 1. The normalized spacial score (nSPS) is 23.4. The van der Waals surface area contributed by atoms with Crippen LogP contribution in [-0.4, -0.2) is 13.2 Å². The van der Waals surface area contributed by atoms with Gasteiger partial charge in [0.05, 0.1) is 7.11 Å². The van der Waals surface area contributed by atoms with Crippen molar-refractivity contribution in [3.63, 3.8) is 0 Å². The number of methoxy groups -OCH3 is 1. The number of benzene rings is 1. The molecule has 0 unspecified atom stereocenters. The molecule has 1 aromatic rings. The van der Waals surface area contributed by atoms with Crippen molar-refractivity contribution in [1.29, 1.82) is 0 Å². The smallest absolute Gasteiger partial charge is 0.167 e. The molecule has 0 bridgehead atoms. The summed E-state index contributed by atoms with van der Waals surface area (Å²) in [6.45, 7) is 4.61. The summed E-state index contributed by atoms with van der Waals surface area (Å²) in [7, 11) is 1.48. The van der Waals surface area contributed by atoms with Crippen LogP contribution in [0.3, 0.4) is 0 Å². The van der Waals surface area contributed by atoms with Gasteiger partial charge in [0.2, 0.25) is 0 Å². The second kappa shape index (κ2) is 6.27. The number of ether oxygens (including phenoxy) is 1. The maximum Gasteiger partial charge on any atom is 0.167 e. The second-order valence-corrected chi connectivity index (χ2v) is 5.85. The van der Waals surface area contributed by atoms with Gasteiger partial charge in [-0.15, -0.1) is 0 Å². The number of rotatable bonds is 4. The van der Waals surface area contributed by atoms with E-state index in [1.807, 2.05) is 6.07 Å². The van der Waals surface area contributed by atoms with Crippen LogP contribution < -0.4 is 10.1 Å². The van der Waals surface area contributed by atoms with Gasteiger partial charge in [-0.3, -0.25) is 0 Å². The van der Waals surface area contributed by atoms with E-state index in [9.17, 15) is 4.39 Å². The van der Waals surface area contributed by atoms with Crippen LogP contribution in [0, 0.1) is 17.7 Å². The molecule has 0 aromatic heterocycles. The van der Waals surface area contributed by atoms with E-state index in [0.29, 0.717) is 11.8 Å². The molecule has 19 heavy (non-hydrogen) atoms. The fraction of sp³-hybridized carbons (Fsp3) is 0.625. The summed E-state index contributed by atoms with van der Waals surface area (Å²) in [5.41, 5.74) is 0.853. The molecule has 1 aliphatic carbocycles. The largest absolute Gasteiger partial charge is 0.494 e. The SMILES string of the molecule is COc1ccc(NC2CCC(C(C)C)CC2)cc1F. The molecule has 0 amide bonds. The Hall–Kier alpha value is -1.25. The van der Waals surface area contributed by atoms with E-state index >= 15 is 0 Å². The molecule has 0 radical (unpaired) electrons. The van der Waals surface area contributed by atoms with Crippen molar-refractivity contribution in [2.24, 2.45) is 11.8 Å². The lowest BCUT2D eigenvalue weighted by atomic mass is 9.79. The third-order valence-corrected chi connectivity index (χ3v) is 4.24. The average molecular weight is 265 g/mol. The van der Waals surface area contributed by atoms with Crippen LogP contribution in [0.25, 0.3) is 0 Å². The lowest BCUT2D eigenvalue weighted by molar-refractivity contribution is 0.267. The monoisotopic (exact) mass is 265 g/mol. The lowest BCUT2D eigenvalue weighted by Crippen LogP contribution is -2.27. The Kier molecular flexibility index (Phi) is 4.67. The zero-order valence-electron chi connectivity index (χ0n) is 12.1. The van der Waals surface area contributed by atoms with E-state index in [-0.39, 0.29) is 5.82 Å². The summed E-state index contributed by atoms with van der Waals surface area (Å²) in [5.74, 6) is 1.63. The van der Waals surface area contributed by atoms with Crippen LogP contribution in [-0.2, 0) is 0 Å². The van der Waals surface area contributed by atoms with Gasteiger partial charge in [0.15, 0.2) is 11.6 Å². The molecule has 2 rings (SSSR count). The highest BCUT2D eigenvalue weighted by Crippen LogP contribution is 2.31. The van der Waals surface area contributed by atoms with Crippen LogP contribution in [0.15, 0.2) is 18.2 Å². The maximum absolute atomic E-state index is 13.6. The van der Waals surface area contributed by atoms with Crippen molar-refractivity contribution in [2.45, 2.75) is 45.6 Å². The van der Waals surface area contributed by atoms with Crippen molar-refractivity contribution in [3.05, 3.63) is 24.0 Å². The number of halogens is 1. The van der Waals surface area contributed by atoms with Gasteiger partial charge in [0.25, 0.3) is 0 Å². The molecule has 1 fully saturated rings. The molecular weight excluding hydrogens is 241 g/mol. The van der Waals surface area contributed by atoms with Crippen LogP contribution in [0.2, 0.25) is 0 Å². The minimum absolute atomic E-state index is 0.300. The molecule has 1 aromatic carbocycles. The molecule has 0 saturated heterocycles. The van der Waals surface area contributed by atoms with Gasteiger partial charge in [-0.2, -0.15) is 0 Å².